The van der Waals surface area contributed by atoms with Gasteiger partial charge in [0.1, 0.15) is 12.0 Å². The van der Waals surface area contributed by atoms with Crippen LogP contribution in [-0.2, 0) is 0 Å². The predicted molar refractivity (Wildman–Crippen MR) is 51.2 cm³/mol. The van der Waals surface area contributed by atoms with Crippen molar-refractivity contribution in [1.29, 1.82) is 0 Å². The normalized spacial score (nSPS) is 16.8. The zero-order valence-corrected chi connectivity index (χ0v) is 6.94. The largest absolute Gasteiger partial charge is 0.343 e. The second kappa shape index (κ2) is 2.32. The summed E-state index contributed by atoms with van der Waals surface area (Å²) in [6.45, 7) is 0.894. The predicted octanol–water partition coefficient (Wildman–Crippen LogP) is 1.21. The van der Waals surface area contributed by atoms with Crippen molar-refractivity contribution in [3.63, 3.8) is 0 Å². The van der Waals surface area contributed by atoms with E-state index in [4.69, 9.17) is 0 Å². The van der Waals surface area contributed by atoms with Gasteiger partial charge < -0.3 is 10.2 Å². The molecule has 4 nitrogen and oxygen atoms in total. The summed E-state index contributed by atoms with van der Waals surface area (Å²) in [5.41, 5.74) is 2.06. The van der Waals surface area contributed by atoms with Gasteiger partial charge in [-0.15, -0.1) is 0 Å². The molecular weight excluding hydrogens is 164 g/mol. The summed E-state index contributed by atoms with van der Waals surface area (Å²) >= 11 is 0. The molecule has 0 aliphatic carbocycles. The molecule has 0 saturated carbocycles. The van der Waals surface area contributed by atoms with Crippen molar-refractivity contribution in [2.75, 3.05) is 16.8 Å². The molecule has 0 atom stereocenters. The van der Waals surface area contributed by atoms with Crippen LogP contribution in [0, 0.1) is 0 Å². The summed E-state index contributed by atoms with van der Waals surface area (Å²) < 4.78 is 0. The van der Waals surface area contributed by atoms with Gasteiger partial charge in [0, 0.05) is 18.9 Å². The minimum Gasteiger partial charge on any atom is -0.343 e. The molecule has 0 bridgehead atoms. The lowest BCUT2D eigenvalue weighted by Gasteiger charge is -2.28. The molecule has 1 N–H and O–H groups in total. The Morgan fingerprint density at radius 1 is 1.38 bits per heavy atom. The van der Waals surface area contributed by atoms with Gasteiger partial charge in [0.25, 0.3) is 0 Å². The van der Waals surface area contributed by atoms with Crippen LogP contribution in [0.2, 0.25) is 0 Å². The third-order valence-corrected chi connectivity index (χ3v) is 2.19. The number of anilines is 2. The van der Waals surface area contributed by atoms with Gasteiger partial charge >= 0.3 is 0 Å². The lowest BCUT2D eigenvalue weighted by atomic mass is 10.2. The highest BCUT2D eigenvalue weighted by Crippen LogP contribution is 2.32. The fourth-order valence-electron chi connectivity index (χ4n) is 1.61. The Morgan fingerprint density at radius 2 is 2.38 bits per heavy atom. The molecule has 1 aromatic rings. The Hall–Kier alpha value is -1.84. The van der Waals surface area contributed by atoms with Crippen molar-refractivity contribution in [3.8, 4) is 0 Å². The summed E-state index contributed by atoms with van der Waals surface area (Å²) in [7, 11) is 0. The standard InChI is InChI=1S/C9H8N4/c1-2-7-8-9(12-6-11-7)10-3-5-13(8)4-1/h1-3,5-6H,4H2,(H,10,11,12). The number of nitrogens with one attached hydrogen (secondary N) is 1. The number of hydrogen-bond acceptors (Lipinski definition) is 4. The monoisotopic (exact) mass is 172 g/mol. The van der Waals surface area contributed by atoms with Gasteiger partial charge in [-0.3, -0.25) is 0 Å². The van der Waals surface area contributed by atoms with Crippen molar-refractivity contribution in [2.24, 2.45) is 0 Å². The molecule has 0 amide bonds. The lowest BCUT2D eigenvalue weighted by molar-refractivity contribution is 1.01. The van der Waals surface area contributed by atoms with Crippen molar-refractivity contribution in [2.45, 2.75) is 0 Å². The Morgan fingerprint density at radius 3 is 3.38 bits per heavy atom. The van der Waals surface area contributed by atoms with E-state index >= 15 is 0 Å². The molecule has 0 fully saturated rings. The number of hydrogen-bond donors (Lipinski definition) is 1. The van der Waals surface area contributed by atoms with Crippen molar-refractivity contribution >= 4 is 17.6 Å². The molecule has 0 spiro atoms. The van der Waals surface area contributed by atoms with Crippen LogP contribution in [0.25, 0.3) is 6.08 Å². The molecule has 0 saturated heterocycles. The van der Waals surface area contributed by atoms with Crippen molar-refractivity contribution in [1.82, 2.24) is 9.97 Å². The number of nitrogens with zero attached hydrogens (tertiary/aromatic N) is 3. The molecule has 1 aromatic heterocycles. The molecular formula is C9H8N4. The average Bonchev–Trinajstić information content (AvgIpc) is 2.19. The fourth-order valence-corrected chi connectivity index (χ4v) is 1.61. The second-order valence-corrected chi connectivity index (χ2v) is 2.97. The van der Waals surface area contributed by atoms with Crippen LogP contribution in [0.15, 0.2) is 24.8 Å². The first-order valence-corrected chi connectivity index (χ1v) is 4.16. The molecule has 3 rings (SSSR count). The Balaban J connectivity index is 2.29. The van der Waals surface area contributed by atoms with E-state index in [2.05, 4.69) is 26.3 Å². The van der Waals surface area contributed by atoms with E-state index in [0.29, 0.717) is 0 Å². The van der Waals surface area contributed by atoms with Gasteiger partial charge in [-0.05, 0) is 6.08 Å². The molecule has 13 heavy (non-hydrogen) atoms. The Bertz CT molecular complexity index is 408. The van der Waals surface area contributed by atoms with Gasteiger partial charge in [0.2, 0.25) is 0 Å². The van der Waals surface area contributed by atoms with E-state index in [1.165, 1.54) is 0 Å². The molecule has 64 valence electrons. The van der Waals surface area contributed by atoms with Crippen LogP contribution in [0.1, 0.15) is 5.69 Å². The zero-order valence-electron chi connectivity index (χ0n) is 6.94. The molecule has 2 aliphatic rings. The van der Waals surface area contributed by atoms with E-state index in [9.17, 15) is 0 Å². The molecule has 0 aromatic carbocycles. The first-order chi connectivity index (χ1) is 6.45. The molecule has 3 heterocycles. The molecule has 0 unspecified atom stereocenters. The van der Waals surface area contributed by atoms with Gasteiger partial charge in [0.15, 0.2) is 5.82 Å². The highest BCUT2D eigenvalue weighted by atomic mass is 15.2. The van der Waals surface area contributed by atoms with Crippen LogP contribution in [0.3, 0.4) is 0 Å². The molecule has 2 aliphatic heterocycles. The summed E-state index contributed by atoms with van der Waals surface area (Å²) in [6.07, 6.45) is 9.58. The van der Waals surface area contributed by atoms with Crippen LogP contribution < -0.4 is 10.2 Å². The maximum absolute atomic E-state index is 4.20. The SMILES string of the molecule is C1=Cc2ncnc3c2N(C=CN3)C1. The minimum atomic E-state index is 0.886. The highest BCUT2D eigenvalue weighted by molar-refractivity contribution is 5.81. The van der Waals surface area contributed by atoms with Crippen LogP contribution in [-0.4, -0.2) is 16.5 Å². The first kappa shape index (κ1) is 6.65. The zero-order chi connectivity index (χ0) is 8.67. The van der Waals surface area contributed by atoms with Crippen LogP contribution >= 0.6 is 0 Å². The highest BCUT2D eigenvalue weighted by Gasteiger charge is 2.19. The molecule has 4 heteroatoms. The lowest BCUT2D eigenvalue weighted by Crippen LogP contribution is -2.24. The first-order valence-electron chi connectivity index (χ1n) is 4.16. The fraction of sp³-hybridized carbons (Fsp3) is 0.111. The maximum Gasteiger partial charge on any atom is 0.158 e. The van der Waals surface area contributed by atoms with E-state index < -0.39 is 0 Å². The summed E-state index contributed by atoms with van der Waals surface area (Å²) in [5, 5.41) is 3.09. The van der Waals surface area contributed by atoms with Gasteiger partial charge in [-0.2, -0.15) is 0 Å². The second-order valence-electron chi connectivity index (χ2n) is 2.97. The van der Waals surface area contributed by atoms with Crippen molar-refractivity contribution < 1.29 is 0 Å². The molecule has 0 radical (unpaired) electrons. The number of aromatic nitrogens is 2. The third kappa shape index (κ3) is 0.853. The van der Waals surface area contributed by atoms with E-state index in [1.54, 1.807) is 6.33 Å². The van der Waals surface area contributed by atoms with E-state index in [1.807, 2.05) is 18.5 Å². The smallest absolute Gasteiger partial charge is 0.158 e. The summed E-state index contributed by atoms with van der Waals surface area (Å²) in [5.74, 6) is 0.886. The minimum absolute atomic E-state index is 0.886. The van der Waals surface area contributed by atoms with Gasteiger partial charge in [-0.1, -0.05) is 6.08 Å². The van der Waals surface area contributed by atoms with Gasteiger partial charge in [0.05, 0.1) is 5.69 Å². The van der Waals surface area contributed by atoms with Crippen LogP contribution in [0.5, 0.6) is 0 Å². The Labute approximate surface area is 75.6 Å². The maximum atomic E-state index is 4.20. The summed E-state index contributed by atoms with van der Waals surface area (Å²) in [6, 6.07) is 0. The Kier molecular flexibility index (Phi) is 1.19. The van der Waals surface area contributed by atoms with Gasteiger partial charge in [-0.25, -0.2) is 9.97 Å². The van der Waals surface area contributed by atoms with E-state index in [0.717, 1.165) is 23.7 Å². The van der Waals surface area contributed by atoms with Crippen LogP contribution in [0.4, 0.5) is 11.5 Å². The third-order valence-electron chi connectivity index (χ3n) is 2.19. The topological polar surface area (TPSA) is 41.1 Å². The summed E-state index contributed by atoms with van der Waals surface area (Å²) in [4.78, 5) is 10.5. The quantitative estimate of drug-likeness (QED) is 0.638. The average molecular weight is 172 g/mol. The van der Waals surface area contributed by atoms with E-state index in [-0.39, 0.29) is 0 Å². The number of rotatable bonds is 0. The van der Waals surface area contributed by atoms with Crippen molar-refractivity contribution in [3.05, 3.63) is 30.5 Å².